The molecule has 2 aliphatic carbocycles. The number of hydrogen-bond acceptors (Lipinski definition) is 4. The zero-order valence-corrected chi connectivity index (χ0v) is 14.5. The fourth-order valence-corrected chi connectivity index (χ4v) is 3.99. The number of carbonyl (C=O) groups excluding carboxylic acids is 1. The van der Waals surface area contributed by atoms with Gasteiger partial charge in [-0.15, -0.1) is 0 Å². The molecule has 5 nitrogen and oxygen atoms in total. The minimum Gasteiger partial charge on any atom is -0.497 e. The normalized spacial score (nSPS) is 25.9. The molecule has 2 saturated carbocycles. The zero-order chi connectivity index (χ0) is 17.0. The van der Waals surface area contributed by atoms with Crippen molar-refractivity contribution in [2.24, 2.45) is 5.73 Å². The second-order valence-electron chi connectivity index (χ2n) is 7.24. The first-order chi connectivity index (χ1) is 11.6. The van der Waals surface area contributed by atoms with Gasteiger partial charge in [0, 0.05) is 17.8 Å². The van der Waals surface area contributed by atoms with E-state index < -0.39 is 5.54 Å². The van der Waals surface area contributed by atoms with Crippen molar-refractivity contribution in [1.29, 1.82) is 0 Å². The molecule has 0 radical (unpaired) electrons. The molecule has 1 amide bonds. The van der Waals surface area contributed by atoms with Crippen molar-refractivity contribution in [3.05, 3.63) is 24.3 Å². The second-order valence-corrected chi connectivity index (χ2v) is 7.24. The van der Waals surface area contributed by atoms with E-state index in [9.17, 15) is 4.79 Å². The minimum atomic E-state index is -0.500. The molecule has 0 spiro atoms. The Kier molecular flexibility index (Phi) is 5.29. The monoisotopic (exact) mass is 331 g/mol. The van der Waals surface area contributed by atoms with Crippen LogP contribution in [0.3, 0.4) is 0 Å². The van der Waals surface area contributed by atoms with Gasteiger partial charge in [0.1, 0.15) is 11.3 Å². The lowest BCUT2D eigenvalue weighted by atomic mass is 9.80. The summed E-state index contributed by atoms with van der Waals surface area (Å²) in [6.07, 6.45) is 8.02. The predicted molar refractivity (Wildman–Crippen MR) is 96.2 cm³/mol. The van der Waals surface area contributed by atoms with Crippen LogP contribution in [0.5, 0.6) is 5.75 Å². The summed E-state index contributed by atoms with van der Waals surface area (Å²) in [6, 6.07) is 8.26. The van der Waals surface area contributed by atoms with E-state index in [-0.39, 0.29) is 18.0 Å². The van der Waals surface area contributed by atoms with Crippen molar-refractivity contribution in [3.63, 3.8) is 0 Å². The van der Waals surface area contributed by atoms with E-state index in [1.54, 1.807) is 7.11 Å². The summed E-state index contributed by atoms with van der Waals surface area (Å²) in [5, 5.41) is 6.79. The van der Waals surface area contributed by atoms with E-state index in [1.807, 2.05) is 24.3 Å². The Balaban J connectivity index is 1.72. The van der Waals surface area contributed by atoms with Gasteiger partial charge in [-0.05, 0) is 56.4 Å². The number of nitrogens with two attached hydrogens (primary N) is 1. The molecule has 4 N–H and O–H groups in total. The smallest absolute Gasteiger partial charge is 0.245 e. The maximum Gasteiger partial charge on any atom is 0.245 e. The van der Waals surface area contributed by atoms with Crippen LogP contribution in [0.1, 0.15) is 51.4 Å². The topological polar surface area (TPSA) is 76.4 Å². The van der Waals surface area contributed by atoms with Gasteiger partial charge in [-0.1, -0.05) is 19.3 Å². The van der Waals surface area contributed by atoms with E-state index in [0.717, 1.165) is 56.4 Å². The molecular formula is C19H29N3O2. The second kappa shape index (κ2) is 7.43. The molecular weight excluding hydrogens is 302 g/mol. The standard InChI is InChI=1S/C19H29N3O2/c1-24-17-9-7-15(8-10-17)22-19(11-3-2-4-12-19)18(23)21-16-6-5-14(20)13-16/h7-10,14,16,22H,2-6,11-13,20H2,1H3,(H,21,23)/t14-,16-/m1/s1. The van der Waals surface area contributed by atoms with Crippen LogP contribution in [0.2, 0.25) is 0 Å². The summed E-state index contributed by atoms with van der Waals surface area (Å²) in [5.41, 5.74) is 6.45. The van der Waals surface area contributed by atoms with E-state index in [2.05, 4.69) is 10.6 Å². The van der Waals surface area contributed by atoms with Crippen molar-refractivity contribution in [3.8, 4) is 5.75 Å². The van der Waals surface area contributed by atoms with Crippen molar-refractivity contribution in [2.75, 3.05) is 12.4 Å². The molecule has 2 aliphatic rings. The van der Waals surface area contributed by atoms with Gasteiger partial charge in [-0.3, -0.25) is 4.79 Å². The van der Waals surface area contributed by atoms with Gasteiger partial charge >= 0.3 is 0 Å². The lowest BCUT2D eigenvalue weighted by Crippen LogP contribution is -2.55. The Hall–Kier alpha value is -1.75. The molecule has 0 aliphatic heterocycles. The lowest BCUT2D eigenvalue weighted by molar-refractivity contribution is -0.127. The SMILES string of the molecule is COc1ccc(NC2(C(=O)N[C@@H]3CC[C@@H](N)C3)CCCCC2)cc1. The molecule has 24 heavy (non-hydrogen) atoms. The first-order valence-corrected chi connectivity index (χ1v) is 9.10. The van der Waals surface area contributed by atoms with Gasteiger partial charge in [-0.2, -0.15) is 0 Å². The summed E-state index contributed by atoms with van der Waals surface area (Å²) in [4.78, 5) is 13.1. The predicted octanol–water partition coefficient (Wildman–Crippen LogP) is 2.81. The summed E-state index contributed by atoms with van der Waals surface area (Å²) in [6.45, 7) is 0. The highest BCUT2D eigenvalue weighted by molar-refractivity contribution is 5.89. The Labute approximate surface area is 144 Å². The number of ether oxygens (including phenoxy) is 1. The summed E-state index contributed by atoms with van der Waals surface area (Å²) in [7, 11) is 1.66. The number of anilines is 1. The van der Waals surface area contributed by atoms with Crippen molar-refractivity contribution < 1.29 is 9.53 Å². The van der Waals surface area contributed by atoms with Crippen molar-refractivity contribution in [1.82, 2.24) is 5.32 Å². The molecule has 3 rings (SSSR count). The molecule has 132 valence electrons. The molecule has 2 atom stereocenters. The highest BCUT2D eigenvalue weighted by atomic mass is 16.5. The van der Waals surface area contributed by atoms with E-state index in [4.69, 9.17) is 10.5 Å². The average molecular weight is 331 g/mol. The number of nitrogens with one attached hydrogen (secondary N) is 2. The fourth-order valence-electron chi connectivity index (χ4n) is 3.99. The van der Waals surface area contributed by atoms with Crippen LogP contribution in [0.25, 0.3) is 0 Å². The molecule has 0 aromatic heterocycles. The number of rotatable bonds is 5. The van der Waals surface area contributed by atoms with Crippen LogP contribution in [0.4, 0.5) is 5.69 Å². The van der Waals surface area contributed by atoms with Crippen LogP contribution in [-0.2, 0) is 4.79 Å². The molecule has 5 heteroatoms. The van der Waals surface area contributed by atoms with Crippen LogP contribution in [0.15, 0.2) is 24.3 Å². The van der Waals surface area contributed by atoms with Gasteiger partial charge in [0.25, 0.3) is 0 Å². The molecule has 0 heterocycles. The molecule has 0 bridgehead atoms. The number of carbonyl (C=O) groups is 1. The largest absolute Gasteiger partial charge is 0.497 e. The summed E-state index contributed by atoms with van der Waals surface area (Å²) >= 11 is 0. The lowest BCUT2D eigenvalue weighted by Gasteiger charge is -2.38. The molecule has 2 fully saturated rings. The van der Waals surface area contributed by atoms with Gasteiger partial charge in [0.05, 0.1) is 7.11 Å². The number of hydrogen-bond donors (Lipinski definition) is 3. The zero-order valence-electron chi connectivity index (χ0n) is 14.5. The van der Waals surface area contributed by atoms with Gasteiger partial charge < -0.3 is 21.1 Å². The fraction of sp³-hybridized carbons (Fsp3) is 0.632. The molecule has 0 saturated heterocycles. The maximum absolute atomic E-state index is 13.1. The quantitative estimate of drug-likeness (QED) is 0.775. The van der Waals surface area contributed by atoms with Gasteiger partial charge in [-0.25, -0.2) is 0 Å². The van der Waals surface area contributed by atoms with Gasteiger partial charge in [0.15, 0.2) is 0 Å². The third-order valence-electron chi connectivity index (χ3n) is 5.42. The Morgan fingerprint density at radius 2 is 1.88 bits per heavy atom. The number of amides is 1. The Morgan fingerprint density at radius 1 is 1.17 bits per heavy atom. The highest BCUT2D eigenvalue weighted by Gasteiger charge is 2.40. The highest BCUT2D eigenvalue weighted by Crippen LogP contribution is 2.33. The van der Waals surface area contributed by atoms with Gasteiger partial charge in [0.2, 0.25) is 5.91 Å². The third-order valence-corrected chi connectivity index (χ3v) is 5.42. The Morgan fingerprint density at radius 3 is 2.46 bits per heavy atom. The first-order valence-electron chi connectivity index (χ1n) is 9.10. The number of methoxy groups -OCH3 is 1. The molecule has 1 aromatic rings. The minimum absolute atomic E-state index is 0.136. The average Bonchev–Trinajstić information content (AvgIpc) is 3.01. The van der Waals surface area contributed by atoms with E-state index in [0.29, 0.717) is 0 Å². The van der Waals surface area contributed by atoms with Crippen molar-refractivity contribution >= 4 is 11.6 Å². The van der Waals surface area contributed by atoms with E-state index in [1.165, 1.54) is 6.42 Å². The van der Waals surface area contributed by atoms with Crippen molar-refractivity contribution in [2.45, 2.75) is 69.0 Å². The molecule has 0 unspecified atom stereocenters. The number of benzene rings is 1. The summed E-state index contributed by atoms with van der Waals surface area (Å²) < 4.78 is 5.21. The van der Waals surface area contributed by atoms with Crippen LogP contribution in [0, 0.1) is 0 Å². The first kappa shape index (κ1) is 17.1. The summed E-state index contributed by atoms with van der Waals surface area (Å²) in [5.74, 6) is 0.958. The molecule has 1 aromatic carbocycles. The van der Waals surface area contributed by atoms with Crippen LogP contribution in [-0.4, -0.2) is 30.6 Å². The van der Waals surface area contributed by atoms with Crippen LogP contribution < -0.4 is 21.1 Å². The van der Waals surface area contributed by atoms with E-state index >= 15 is 0 Å². The maximum atomic E-state index is 13.1. The Bertz CT molecular complexity index is 552. The third kappa shape index (κ3) is 3.83. The van der Waals surface area contributed by atoms with Crippen LogP contribution >= 0.6 is 0 Å².